The van der Waals surface area contributed by atoms with Crippen molar-refractivity contribution < 1.29 is 19.1 Å². The largest absolute Gasteiger partial charge is 0.463 e. The van der Waals surface area contributed by atoms with Gasteiger partial charge in [0.1, 0.15) is 6.04 Å². The van der Waals surface area contributed by atoms with Crippen LogP contribution in [0.15, 0.2) is 54.1 Å². The van der Waals surface area contributed by atoms with Crippen molar-refractivity contribution in [3.63, 3.8) is 0 Å². The molecule has 3 atom stereocenters. The molecule has 0 aliphatic rings. The Labute approximate surface area is 240 Å². The molecule has 220 valence electrons. The molecular weight excluding hydrogens is 502 g/mol. The molecule has 0 aliphatic heterocycles. The van der Waals surface area contributed by atoms with Crippen LogP contribution in [-0.4, -0.2) is 61.5 Å². The Morgan fingerprint density at radius 3 is 2.10 bits per heavy atom. The van der Waals surface area contributed by atoms with Gasteiger partial charge in [0.25, 0.3) is 0 Å². The highest BCUT2D eigenvalue weighted by Gasteiger charge is 2.41. The van der Waals surface area contributed by atoms with Crippen LogP contribution < -0.4 is 10.6 Å². The Bertz CT molecular complexity index is 1230. The summed E-state index contributed by atoms with van der Waals surface area (Å²) in [6.45, 7) is 17.6. The first kappa shape index (κ1) is 33.0. The van der Waals surface area contributed by atoms with Gasteiger partial charge in [0.15, 0.2) is 0 Å². The van der Waals surface area contributed by atoms with E-state index in [1.165, 1.54) is 0 Å². The SMILES string of the molecule is CCOC(=O)/C(C)=C/[C@H](C(C)C)N(C)C(=O)[C@@H](NC(=O)[C@H](NC)C(C)(C)c1ccc2ccccc2c1)C(C)(C)C. The van der Waals surface area contributed by atoms with Crippen LogP contribution in [-0.2, 0) is 24.5 Å². The molecule has 0 aromatic heterocycles. The lowest BCUT2D eigenvalue weighted by Crippen LogP contribution is -2.61. The molecule has 2 aromatic rings. The molecule has 0 fully saturated rings. The first-order valence-electron chi connectivity index (χ1n) is 14.1. The third-order valence-electron chi connectivity index (χ3n) is 7.66. The zero-order valence-corrected chi connectivity index (χ0v) is 26.2. The lowest BCUT2D eigenvalue weighted by atomic mass is 9.76. The number of nitrogens with one attached hydrogen (secondary N) is 2. The number of ether oxygens (including phenoxy) is 1. The summed E-state index contributed by atoms with van der Waals surface area (Å²) in [5, 5.41) is 8.54. The molecule has 0 bridgehead atoms. The minimum Gasteiger partial charge on any atom is -0.463 e. The van der Waals surface area contributed by atoms with Crippen LogP contribution in [0.25, 0.3) is 10.8 Å². The summed E-state index contributed by atoms with van der Waals surface area (Å²) in [6.07, 6.45) is 1.78. The highest BCUT2D eigenvalue weighted by Crippen LogP contribution is 2.31. The van der Waals surface area contributed by atoms with E-state index in [0.717, 1.165) is 16.3 Å². The van der Waals surface area contributed by atoms with Crippen molar-refractivity contribution in [3.05, 3.63) is 59.7 Å². The maximum atomic E-state index is 14.0. The molecule has 0 saturated heterocycles. The zero-order chi connectivity index (χ0) is 30.4. The van der Waals surface area contributed by atoms with E-state index in [-0.39, 0.29) is 30.4 Å². The van der Waals surface area contributed by atoms with Crippen LogP contribution in [0.3, 0.4) is 0 Å². The van der Waals surface area contributed by atoms with Gasteiger partial charge in [-0.3, -0.25) is 9.59 Å². The lowest BCUT2D eigenvalue weighted by Gasteiger charge is -2.40. The predicted octanol–water partition coefficient (Wildman–Crippen LogP) is 5.23. The molecule has 0 heterocycles. The summed E-state index contributed by atoms with van der Waals surface area (Å²) in [6, 6.07) is 12.7. The molecule has 0 unspecified atom stereocenters. The van der Waals surface area contributed by atoms with E-state index < -0.39 is 28.9 Å². The Morgan fingerprint density at radius 1 is 0.975 bits per heavy atom. The predicted molar refractivity (Wildman–Crippen MR) is 163 cm³/mol. The Balaban J connectivity index is 2.38. The van der Waals surface area contributed by atoms with E-state index in [1.807, 2.05) is 60.6 Å². The van der Waals surface area contributed by atoms with Crippen molar-refractivity contribution in [2.24, 2.45) is 11.3 Å². The molecule has 40 heavy (non-hydrogen) atoms. The number of hydrogen-bond acceptors (Lipinski definition) is 5. The third-order valence-corrected chi connectivity index (χ3v) is 7.66. The standard InChI is InChI=1S/C33H49N3O4/c1-12-40-31(39)22(4)19-26(21(2)3)36(11)30(38)28(32(5,6)7)35-29(37)27(34-10)33(8,9)25-18-17-23-15-13-14-16-24(23)20-25/h13-21,26-28,34H,12H2,1-11H3,(H,35,37)/b22-19+/t26-,27+,28-/m1/s1. The average Bonchev–Trinajstić information content (AvgIpc) is 2.88. The van der Waals surface area contributed by atoms with Crippen LogP contribution >= 0.6 is 0 Å². The summed E-state index contributed by atoms with van der Waals surface area (Å²) in [4.78, 5) is 41.7. The third kappa shape index (κ3) is 7.72. The maximum absolute atomic E-state index is 14.0. The van der Waals surface area contributed by atoms with Crippen molar-refractivity contribution in [2.45, 2.75) is 85.9 Å². The Kier molecular flexibility index (Phi) is 11.1. The van der Waals surface area contributed by atoms with Gasteiger partial charge in [-0.05, 0) is 48.6 Å². The zero-order valence-electron chi connectivity index (χ0n) is 26.2. The van der Waals surface area contributed by atoms with Crippen molar-refractivity contribution in [1.82, 2.24) is 15.5 Å². The van der Waals surface area contributed by atoms with Gasteiger partial charge in [-0.15, -0.1) is 0 Å². The second-order valence-corrected chi connectivity index (χ2v) is 12.6. The number of fused-ring (bicyclic) bond motifs is 1. The number of carbonyl (C=O) groups is 3. The van der Waals surface area contributed by atoms with E-state index in [2.05, 4.69) is 41.0 Å². The number of carbonyl (C=O) groups excluding carboxylic acids is 3. The molecule has 2 N–H and O–H groups in total. The number of esters is 1. The highest BCUT2D eigenvalue weighted by molar-refractivity contribution is 5.92. The Morgan fingerprint density at radius 2 is 1.57 bits per heavy atom. The fourth-order valence-corrected chi connectivity index (χ4v) is 5.12. The molecule has 2 aromatic carbocycles. The summed E-state index contributed by atoms with van der Waals surface area (Å²) in [5.41, 5.74) is 0.341. The smallest absolute Gasteiger partial charge is 0.333 e. The van der Waals surface area contributed by atoms with E-state index >= 15 is 0 Å². The molecule has 7 heteroatoms. The fourth-order valence-electron chi connectivity index (χ4n) is 5.12. The van der Waals surface area contributed by atoms with Crippen molar-refractivity contribution >= 4 is 28.6 Å². The molecular formula is C33H49N3O4. The minimum atomic E-state index is -0.786. The highest BCUT2D eigenvalue weighted by atomic mass is 16.5. The summed E-state index contributed by atoms with van der Waals surface area (Å²) in [5.74, 6) is -0.832. The summed E-state index contributed by atoms with van der Waals surface area (Å²) >= 11 is 0. The van der Waals surface area contributed by atoms with Crippen LogP contribution in [0.1, 0.15) is 67.9 Å². The van der Waals surface area contributed by atoms with Gasteiger partial charge < -0.3 is 20.3 Å². The van der Waals surface area contributed by atoms with Crippen LogP contribution in [0.4, 0.5) is 0 Å². The van der Waals surface area contributed by atoms with Gasteiger partial charge in [-0.25, -0.2) is 4.79 Å². The molecule has 0 radical (unpaired) electrons. The van der Waals surface area contributed by atoms with E-state index in [1.54, 1.807) is 38.9 Å². The number of benzene rings is 2. The van der Waals surface area contributed by atoms with Crippen LogP contribution in [0.5, 0.6) is 0 Å². The second kappa shape index (κ2) is 13.4. The van der Waals surface area contributed by atoms with Crippen molar-refractivity contribution in [3.8, 4) is 0 Å². The van der Waals surface area contributed by atoms with Gasteiger partial charge in [0.2, 0.25) is 11.8 Å². The molecule has 0 aliphatic carbocycles. The van der Waals surface area contributed by atoms with Crippen LogP contribution in [0, 0.1) is 11.3 Å². The van der Waals surface area contributed by atoms with Gasteiger partial charge >= 0.3 is 5.97 Å². The Hall–Kier alpha value is -3.19. The maximum Gasteiger partial charge on any atom is 0.333 e. The molecule has 0 spiro atoms. The molecule has 2 rings (SSSR count). The molecule has 2 amide bonds. The first-order chi connectivity index (χ1) is 18.6. The second-order valence-electron chi connectivity index (χ2n) is 12.6. The summed E-state index contributed by atoms with van der Waals surface area (Å²) < 4.78 is 5.13. The van der Waals surface area contributed by atoms with Gasteiger partial charge in [0.05, 0.1) is 18.7 Å². The quantitative estimate of drug-likeness (QED) is 0.295. The molecule has 0 saturated carbocycles. The number of amides is 2. The average molecular weight is 552 g/mol. The van der Waals surface area contributed by atoms with Crippen molar-refractivity contribution in [1.29, 1.82) is 0 Å². The summed E-state index contributed by atoms with van der Waals surface area (Å²) in [7, 11) is 3.49. The van der Waals surface area contributed by atoms with E-state index in [9.17, 15) is 14.4 Å². The number of rotatable bonds is 11. The normalized spacial score (nSPS) is 14.9. The number of nitrogens with zero attached hydrogens (tertiary/aromatic N) is 1. The molecule has 7 nitrogen and oxygen atoms in total. The van der Waals surface area contributed by atoms with Crippen molar-refractivity contribution in [2.75, 3.05) is 20.7 Å². The van der Waals surface area contributed by atoms with Gasteiger partial charge in [-0.1, -0.05) is 97.0 Å². The van der Waals surface area contributed by atoms with E-state index in [4.69, 9.17) is 4.74 Å². The fraction of sp³-hybridized carbons (Fsp3) is 0.545. The number of likely N-dealkylation sites (N-methyl/N-ethyl adjacent to an activating group) is 2. The number of hydrogen-bond donors (Lipinski definition) is 2. The monoisotopic (exact) mass is 551 g/mol. The van der Waals surface area contributed by atoms with Gasteiger partial charge in [0, 0.05) is 18.0 Å². The lowest BCUT2D eigenvalue weighted by molar-refractivity contribution is -0.141. The van der Waals surface area contributed by atoms with Gasteiger partial charge in [-0.2, -0.15) is 0 Å². The first-order valence-corrected chi connectivity index (χ1v) is 14.1. The van der Waals surface area contributed by atoms with E-state index in [0.29, 0.717) is 5.57 Å². The topological polar surface area (TPSA) is 87.7 Å². The minimum absolute atomic E-state index is 0.0338. The van der Waals surface area contributed by atoms with Crippen LogP contribution in [0.2, 0.25) is 0 Å².